The zero-order valence-electron chi connectivity index (χ0n) is 22.4. The van der Waals surface area contributed by atoms with Gasteiger partial charge in [-0.25, -0.2) is 0 Å². The minimum absolute atomic E-state index is 0.0162. The molecule has 4 heteroatoms. The van der Waals surface area contributed by atoms with Crippen molar-refractivity contribution in [2.45, 2.75) is 90.3 Å². The fourth-order valence-corrected chi connectivity index (χ4v) is 6.78. The van der Waals surface area contributed by atoms with Crippen molar-refractivity contribution < 1.29 is 4.79 Å². The first-order valence-corrected chi connectivity index (χ1v) is 14.3. The van der Waals surface area contributed by atoms with Gasteiger partial charge < -0.3 is 4.90 Å². The molecule has 2 fully saturated rings. The molecule has 4 rings (SSSR count). The number of piperidine rings is 1. The number of hydrogen-bond acceptors (Lipinski definition) is 3. The van der Waals surface area contributed by atoms with Crippen molar-refractivity contribution in [2.24, 2.45) is 5.92 Å². The lowest BCUT2D eigenvalue weighted by Gasteiger charge is -2.47. The molecule has 1 amide bonds. The predicted octanol–water partition coefficient (Wildman–Crippen LogP) is 5.90. The molecule has 192 valence electrons. The third kappa shape index (κ3) is 5.91. The zero-order chi connectivity index (χ0) is 24.8. The van der Waals surface area contributed by atoms with Gasteiger partial charge in [-0.1, -0.05) is 55.4 Å². The maximum Gasteiger partial charge on any atom is 0.229 e. The smallest absolute Gasteiger partial charge is 0.229 e. The molecule has 0 N–H and O–H groups in total. The predicted molar refractivity (Wildman–Crippen MR) is 147 cm³/mol. The molecule has 0 spiro atoms. The van der Waals surface area contributed by atoms with Crippen molar-refractivity contribution in [1.29, 1.82) is 0 Å². The summed E-state index contributed by atoms with van der Waals surface area (Å²) >= 11 is 0. The fourth-order valence-electron chi connectivity index (χ4n) is 6.78. The van der Waals surface area contributed by atoms with Crippen LogP contribution >= 0.6 is 0 Å². The lowest BCUT2D eigenvalue weighted by atomic mass is 9.81. The monoisotopic (exact) mass is 477 g/mol. The van der Waals surface area contributed by atoms with E-state index < -0.39 is 0 Å². The van der Waals surface area contributed by atoms with Crippen molar-refractivity contribution >= 4 is 5.91 Å². The first-order valence-electron chi connectivity index (χ1n) is 14.3. The maximum absolute atomic E-state index is 13.0. The Morgan fingerprint density at radius 3 is 2.66 bits per heavy atom. The van der Waals surface area contributed by atoms with Crippen molar-refractivity contribution in [3.8, 4) is 0 Å². The molecule has 2 heterocycles. The Bertz CT molecular complexity index is 878. The van der Waals surface area contributed by atoms with Crippen LogP contribution in [0.4, 0.5) is 0 Å². The number of carbonyl (C=O) groups is 1. The second kappa shape index (κ2) is 12.4. The Balaban J connectivity index is 1.65. The van der Waals surface area contributed by atoms with Gasteiger partial charge >= 0.3 is 0 Å². The molecule has 2 bridgehead atoms. The molecule has 0 radical (unpaired) electrons. The molecule has 0 aromatic heterocycles. The van der Waals surface area contributed by atoms with Gasteiger partial charge in [-0.2, -0.15) is 0 Å². The number of rotatable bonds is 9. The third-order valence-electron chi connectivity index (χ3n) is 8.66. The highest BCUT2D eigenvalue weighted by Gasteiger charge is 2.41. The quantitative estimate of drug-likeness (QED) is 0.387. The molecule has 0 aromatic carbocycles. The maximum atomic E-state index is 13.0. The number of amides is 1. The van der Waals surface area contributed by atoms with Crippen molar-refractivity contribution in [3.63, 3.8) is 0 Å². The number of allylic oxidation sites excluding steroid dienone is 4. The molecule has 2 saturated heterocycles. The Morgan fingerprint density at radius 2 is 1.97 bits per heavy atom. The largest absolute Gasteiger partial charge is 0.343 e. The highest BCUT2D eigenvalue weighted by Crippen LogP contribution is 2.39. The Morgan fingerprint density at radius 1 is 1.17 bits per heavy atom. The molecule has 4 atom stereocenters. The van der Waals surface area contributed by atoms with Crippen LogP contribution in [0.1, 0.15) is 72.1 Å². The van der Waals surface area contributed by atoms with Gasteiger partial charge in [0.1, 0.15) is 0 Å². The normalized spacial score (nSPS) is 28.4. The number of nitrogens with zero attached hydrogens (tertiary/aromatic N) is 3. The van der Waals surface area contributed by atoms with E-state index in [9.17, 15) is 4.79 Å². The summed E-state index contributed by atoms with van der Waals surface area (Å²) in [4.78, 5) is 20.5. The summed E-state index contributed by atoms with van der Waals surface area (Å²) < 4.78 is 0. The Kier molecular flexibility index (Phi) is 9.24. The highest BCUT2D eigenvalue weighted by molar-refractivity contribution is 5.81. The van der Waals surface area contributed by atoms with Gasteiger partial charge in [0.2, 0.25) is 5.91 Å². The average Bonchev–Trinajstić information content (AvgIpc) is 2.98. The van der Waals surface area contributed by atoms with E-state index in [-0.39, 0.29) is 11.8 Å². The van der Waals surface area contributed by atoms with Crippen LogP contribution in [0.5, 0.6) is 0 Å². The first kappa shape index (κ1) is 26.2. The van der Waals surface area contributed by atoms with Crippen molar-refractivity contribution in [2.75, 3.05) is 32.7 Å². The van der Waals surface area contributed by atoms with Crippen LogP contribution in [-0.2, 0) is 4.79 Å². The summed E-state index contributed by atoms with van der Waals surface area (Å²) in [6.45, 7) is 15.3. The van der Waals surface area contributed by atoms with Crippen LogP contribution in [0.25, 0.3) is 0 Å². The summed E-state index contributed by atoms with van der Waals surface area (Å²) in [6.07, 6.45) is 23.3. The molecule has 35 heavy (non-hydrogen) atoms. The summed E-state index contributed by atoms with van der Waals surface area (Å²) in [6, 6.07) is 1.56. The van der Waals surface area contributed by atoms with Crippen LogP contribution in [-0.4, -0.2) is 71.5 Å². The number of carbonyl (C=O) groups excluding carboxylic acids is 1. The van der Waals surface area contributed by atoms with Gasteiger partial charge in [0, 0.05) is 44.8 Å². The van der Waals surface area contributed by atoms with Crippen LogP contribution < -0.4 is 0 Å². The molecule has 0 aromatic rings. The molecule has 4 unspecified atom stereocenters. The Hall–Kier alpha value is -1.91. The first-order chi connectivity index (χ1) is 17.1. The summed E-state index contributed by atoms with van der Waals surface area (Å²) in [7, 11) is 0. The van der Waals surface area contributed by atoms with E-state index in [0.29, 0.717) is 18.1 Å². The summed E-state index contributed by atoms with van der Waals surface area (Å²) in [5.74, 6) is 0.260. The van der Waals surface area contributed by atoms with E-state index in [1.165, 1.54) is 43.4 Å². The molecule has 4 aliphatic rings. The van der Waals surface area contributed by atoms with Gasteiger partial charge in [0.05, 0.1) is 12.0 Å². The van der Waals surface area contributed by atoms with Crippen LogP contribution in [0.3, 0.4) is 0 Å². The molecular weight excluding hydrogens is 430 g/mol. The third-order valence-corrected chi connectivity index (χ3v) is 8.66. The van der Waals surface area contributed by atoms with E-state index >= 15 is 0 Å². The molecule has 4 nitrogen and oxygen atoms in total. The highest BCUT2D eigenvalue weighted by atomic mass is 16.2. The fraction of sp³-hybridized carbons (Fsp3) is 0.645. The van der Waals surface area contributed by atoms with Crippen molar-refractivity contribution in [1.82, 2.24) is 14.7 Å². The van der Waals surface area contributed by atoms with E-state index in [2.05, 4.69) is 73.6 Å². The average molecular weight is 478 g/mol. The van der Waals surface area contributed by atoms with Gasteiger partial charge in [0.15, 0.2) is 0 Å². The zero-order valence-corrected chi connectivity index (χ0v) is 22.4. The topological polar surface area (TPSA) is 26.8 Å². The van der Waals surface area contributed by atoms with Gasteiger partial charge in [-0.3, -0.25) is 14.6 Å². The standard InChI is InChI=1S/C31H47N3O/c1-5-20-32-21-19-28-13-10-14-29(23-32)34(28)30(27-12-9-11-24(6-2)22-27)25-15-17-26(18-16-25)31(35)33(7-3)8-4/h5,11,15-17,22,26,28-30H,1,6-10,12-14,18-21,23H2,2-4H3. The van der Waals surface area contributed by atoms with Gasteiger partial charge in [-0.15, -0.1) is 6.58 Å². The lowest BCUT2D eigenvalue weighted by molar-refractivity contribution is -0.133. The molecule has 0 saturated carbocycles. The van der Waals surface area contributed by atoms with Crippen LogP contribution in [0.2, 0.25) is 0 Å². The van der Waals surface area contributed by atoms with Gasteiger partial charge in [0.25, 0.3) is 0 Å². The van der Waals surface area contributed by atoms with Crippen LogP contribution in [0, 0.1) is 5.92 Å². The molecular formula is C31H47N3O. The minimum Gasteiger partial charge on any atom is -0.343 e. The molecule has 2 aliphatic heterocycles. The van der Waals surface area contributed by atoms with E-state index in [4.69, 9.17) is 0 Å². The minimum atomic E-state index is -0.0162. The summed E-state index contributed by atoms with van der Waals surface area (Å²) in [5, 5.41) is 0. The lowest BCUT2D eigenvalue weighted by Crippen LogP contribution is -2.54. The second-order valence-corrected chi connectivity index (χ2v) is 10.7. The number of hydrogen-bond donors (Lipinski definition) is 0. The summed E-state index contributed by atoms with van der Waals surface area (Å²) in [5.41, 5.74) is 4.49. The van der Waals surface area contributed by atoms with Crippen molar-refractivity contribution in [3.05, 3.63) is 59.8 Å². The number of fused-ring (bicyclic) bond motifs is 2. The SMILES string of the molecule is C=CCN1CCC2CCCC(C1)N2C(C1=CCC(C(=O)N(CC)CC)C=C1)C1=CC(CC)=CCC1. The van der Waals surface area contributed by atoms with E-state index in [0.717, 1.165) is 51.9 Å². The van der Waals surface area contributed by atoms with Crippen LogP contribution in [0.15, 0.2) is 59.8 Å². The van der Waals surface area contributed by atoms with Gasteiger partial charge in [-0.05, 0) is 69.9 Å². The van der Waals surface area contributed by atoms with E-state index in [1.807, 2.05) is 4.90 Å². The second-order valence-electron chi connectivity index (χ2n) is 10.7. The molecule has 2 aliphatic carbocycles. The van der Waals surface area contributed by atoms with E-state index in [1.54, 1.807) is 5.57 Å². The Labute approximate surface area is 214 Å².